The lowest BCUT2D eigenvalue weighted by Gasteiger charge is -1.97. The number of hydrogen-bond acceptors (Lipinski definition) is 1. The first-order chi connectivity index (χ1) is 5.25. The predicted octanol–water partition coefficient (Wildman–Crippen LogP) is 2.84. The Kier molecular flexibility index (Phi) is 2.64. The summed E-state index contributed by atoms with van der Waals surface area (Å²) >= 11 is 8.84. The van der Waals surface area contributed by atoms with Gasteiger partial charge in [-0.25, -0.2) is 4.85 Å². The molecule has 1 nitrogen and oxygen atoms in total. The molecule has 0 N–H and O–H groups in total. The van der Waals surface area contributed by atoms with E-state index in [-0.39, 0.29) is 0 Å². The molecule has 3 heteroatoms. The van der Waals surface area contributed by atoms with Crippen LogP contribution in [0.2, 0.25) is 0 Å². The predicted molar refractivity (Wildman–Crippen MR) is 53.4 cm³/mol. The highest BCUT2D eigenvalue weighted by molar-refractivity contribution is 8.11. The van der Waals surface area contributed by atoms with Gasteiger partial charge in [-0.3, -0.25) is 0 Å². The van der Waals surface area contributed by atoms with Crippen LogP contribution in [0.4, 0.5) is 5.69 Å². The Morgan fingerprint density at radius 1 is 1.45 bits per heavy atom. The van der Waals surface area contributed by atoms with E-state index in [1.807, 2.05) is 12.1 Å². The van der Waals surface area contributed by atoms with Gasteiger partial charge in [0.25, 0.3) is 0 Å². The Morgan fingerprint density at radius 2 is 2.09 bits per heavy atom. The van der Waals surface area contributed by atoms with Crippen molar-refractivity contribution in [2.75, 3.05) is 0 Å². The fourth-order valence-electron chi connectivity index (χ4n) is 0.752. The largest absolute Gasteiger partial charge is 0.237 e. The Morgan fingerprint density at radius 3 is 2.55 bits per heavy atom. The Balaban J connectivity index is 3.26. The fourth-order valence-corrected chi connectivity index (χ4v) is 1.11. The Bertz CT molecular complexity index is 325. The summed E-state index contributed by atoms with van der Waals surface area (Å²) < 4.78 is 0.469. The average molecular weight is 179 g/mol. The van der Waals surface area contributed by atoms with Gasteiger partial charge in [-0.1, -0.05) is 36.5 Å². The molecule has 0 unspecified atom stereocenters. The van der Waals surface area contributed by atoms with Crippen LogP contribution in [0.5, 0.6) is 0 Å². The van der Waals surface area contributed by atoms with Gasteiger partial charge in [-0.2, -0.15) is 0 Å². The van der Waals surface area contributed by atoms with Crippen LogP contribution in [-0.2, 0) is 0 Å². The van der Waals surface area contributed by atoms with Gasteiger partial charge in [-0.15, -0.1) is 12.6 Å². The van der Waals surface area contributed by atoms with Gasteiger partial charge < -0.3 is 0 Å². The van der Waals surface area contributed by atoms with Crippen molar-refractivity contribution in [1.29, 1.82) is 0 Å². The van der Waals surface area contributed by atoms with Crippen molar-refractivity contribution in [3.8, 4) is 0 Å². The quantitative estimate of drug-likeness (QED) is 0.394. The summed E-state index contributed by atoms with van der Waals surface area (Å²) in [5.74, 6) is 0. The summed E-state index contributed by atoms with van der Waals surface area (Å²) in [5, 5.41) is 0. The second kappa shape index (κ2) is 3.51. The van der Waals surface area contributed by atoms with Gasteiger partial charge >= 0.3 is 0 Å². The van der Waals surface area contributed by atoms with Gasteiger partial charge in [0, 0.05) is 5.56 Å². The molecule has 1 rings (SSSR count). The molecule has 0 saturated heterocycles. The second-order valence-corrected chi connectivity index (χ2v) is 3.09. The lowest BCUT2D eigenvalue weighted by atomic mass is 10.2. The number of thiocarbonyl (C=S) groups is 1. The van der Waals surface area contributed by atoms with Crippen molar-refractivity contribution in [2.24, 2.45) is 0 Å². The van der Waals surface area contributed by atoms with Crippen LogP contribution in [0.25, 0.3) is 4.85 Å². The summed E-state index contributed by atoms with van der Waals surface area (Å²) in [7, 11) is 0. The zero-order valence-electron chi connectivity index (χ0n) is 5.61. The first kappa shape index (κ1) is 8.25. The SMILES string of the molecule is [C-]#[N+]c1ccccc1C(=S)S. The fraction of sp³-hybridized carbons (Fsp3) is 0. The normalized spacial score (nSPS) is 8.73. The lowest BCUT2D eigenvalue weighted by molar-refractivity contribution is 1.69. The highest BCUT2D eigenvalue weighted by atomic mass is 32.1. The smallest absolute Gasteiger partial charge is 0.196 e. The van der Waals surface area contributed by atoms with Crippen LogP contribution in [0.3, 0.4) is 0 Å². The van der Waals surface area contributed by atoms with Crippen LogP contribution in [0, 0.1) is 6.57 Å². The van der Waals surface area contributed by atoms with Crippen molar-refractivity contribution in [3.63, 3.8) is 0 Å². The molecule has 0 saturated carbocycles. The van der Waals surface area contributed by atoms with Gasteiger partial charge in [-0.05, 0) is 0 Å². The molecule has 1 aromatic carbocycles. The third kappa shape index (κ3) is 1.79. The number of para-hydroxylation sites is 1. The molecule has 0 atom stereocenters. The van der Waals surface area contributed by atoms with Gasteiger partial charge in [0.1, 0.15) is 0 Å². The van der Waals surface area contributed by atoms with Crippen molar-refractivity contribution < 1.29 is 0 Å². The number of hydrogen-bond donors (Lipinski definition) is 1. The Hall–Kier alpha value is -0.850. The Labute approximate surface area is 76.3 Å². The van der Waals surface area contributed by atoms with E-state index in [4.69, 9.17) is 18.8 Å². The van der Waals surface area contributed by atoms with Gasteiger partial charge in [0.05, 0.1) is 10.8 Å². The number of nitrogens with zero attached hydrogens (tertiary/aromatic N) is 1. The summed E-state index contributed by atoms with van der Waals surface area (Å²) in [5.41, 5.74) is 1.30. The molecule has 0 aromatic heterocycles. The maximum atomic E-state index is 6.81. The second-order valence-electron chi connectivity index (χ2n) is 1.93. The molecule has 0 aliphatic rings. The van der Waals surface area contributed by atoms with Crippen LogP contribution in [0.1, 0.15) is 5.56 Å². The molecule has 11 heavy (non-hydrogen) atoms. The van der Waals surface area contributed by atoms with Crippen LogP contribution in [0.15, 0.2) is 24.3 Å². The maximum Gasteiger partial charge on any atom is 0.196 e. The number of rotatable bonds is 1. The van der Waals surface area contributed by atoms with E-state index in [0.717, 1.165) is 5.56 Å². The highest BCUT2D eigenvalue weighted by Crippen LogP contribution is 2.20. The van der Waals surface area contributed by atoms with E-state index in [0.29, 0.717) is 9.88 Å². The first-order valence-electron chi connectivity index (χ1n) is 2.95. The molecule has 0 fully saturated rings. The summed E-state index contributed by atoms with van der Waals surface area (Å²) in [6.07, 6.45) is 0. The topological polar surface area (TPSA) is 4.36 Å². The molecule has 0 aliphatic heterocycles. The number of benzene rings is 1. The summed E-state index contributed by atoms with van der Waals surface area (Å²) in [6, 6.07) is 7.17. The first-order valence-corrected chi connectivity index (χ1v) is 3.81. The molecule has 0 radical (unpaired) electrons. The standard InChI is InChI=1S/C8H5NS2/c1-9-7-5-3-2-4-6(7)8(10)11/h2-5H,(H,10,11). The van der Waals surface area contributed by atoms with E-state index >= 15 is 0 Å². The number of thiol groups is 1. The van der Waals surface area contributed by atoms with E-state index in [2.05, 4.69) is 17.5 Å². The van der Waals surface area contributed by atoms with Crippen LogP contribution < -0.4 is 0 Å². The molecule has 0 bridgehead atoms. The lowest BCUT2D eigenvalue weighted by Crippen LogP contribution is -1.85. The van der Waals surface area contributed by atoms with E-state index in [9.17, 15) is 0 Å². The molecular formula is C8H5NS2. The minimum absolute atomic E-state index is 0.469. The van der Waals surface area contributed by atoms with Crippen LogP contribution >= 0.6 is 24.8 Å². The van der Waals surface area contributed by atoms with Crippen molar-refractivity contribution in [2.45, 2.75) is 0 Å². The van der Waals surface area contributed by atoms with Crippen LogP contribution in [-0.4, -0.2) is 4.20 Å². The summed E-state index contributed by atoms with van der Waals surface area (Å²) in [4.78, 5) is 3.31. The zero-order chi connectivity index (χ0) is 8.27. The van der Waals surface area contributed by atoms with E-state index in [1.165, 1.54) is 0 Å². The molecule has 1 aromatic rings. The average Bonchev–Trinajstić information content (AvgIpc) is 2.04. The molecular weight excluding hydrogens is 174 g/mol. The molecule has 54 valence electrons. The third-order valence-electron chi connectivity index (χ3n) is 1.25. The molecule has 0 amide bonds. The molecule has 0 aliphatic carbocycles. The van der Waals surface area contributed by atoms with Gasteiger partial charge in [0.15, 0.2) is 5.69 Å². The third-order valence-corrected chi connectivity index (χ3v) is 1.72. The van der Waals surface area contributed by atoms with Crippen molar-refractivity contribution >= 4 is 34.7 Å². The molecule has 0 spiro atoms. The van der Waals surface area contributed by atoms with E-state index < -0.39 is 0 Å². The zero-order valence-corrected chi connectivity index (χ0v) is 7.32. The molecule has 0 heterocycles. The minimum Gasteiger partial charge on any atom is -0.237 e. The maximum absolute atomic E-state index is 6.81. The van der Waals surface area contributed by atoms with Crippen molar-refractivity contribution in [3.05, 3.63) is 41.2 Å². The highest BCUT2D eigenvalue weighted by Gasteiger charge is 2.01. The van der Waals surface area contributed by atoms with E-state index in [1.54, 1.807) is 12.1 Å². The minimum atomic E-state index is 0.469. The van der Waals surface area contributed by atoms with Gasteiger partial charge in [0.2, 0.25) is 0 Å². The van der Waals surface area contributed by atoms with Crippen molar-refractivity contribution in [1.82, 2.24) is 0 Å². The summed E-state index contributed by atoms with van der Waals surface area (Å²) in [6.45, 7) is 6.81. The monoisotopic (exact) mass is 179 g/mol.